The lowest BCUT2D eigenvalue weighted by atomic mass is 10.2. The van der Waals surface area contributed by atoms with Crippen LogP contribution in [0.1, 0.15) is 21.5 Å². The summed E-state index contributed by atoms with van der Waals surface area (Å²) < 4.78 is 0. The summed E-state index contributed by atoms with van der Waals surface area (Å²) in [6.07, 6.45) is 3.52. The molecule has 0 spiro atoms. The molecular weight excluding hydrogens is 248 g/mol. The molecule has 4 heteroatoms. The number of carbonyl (C=O) groups is 1. The van der Waals surface area contributed by atoms with Crippen LogP contribution in [0.4, 0.5) is 0 Å². The molecule has 18 heavy (non-hydrogen) atoms. The molecule has 92 valence electrons. The second-order valence-corrected chi connectivity index (χ2v) is 4.50. The van der Waals surface area contributed by atoms with Gasteiger partial charge in [0.1, 0.15) is 0 Å². The van der Waals surface area contributed by atoms with E-state index in [1.54, 1.807) is 36.7 Å². The largest absolute Gasteiger partial charge is 0.348 e. The fraction of sp³-hybridized carbons (Fsp3) is 0.143. The van der Waals surface area contributed by atoms with Crippen LogP contribution >= 0.6 is 11.6 Å². The Morgan fingerprint density at radius 1 is 1.33 bits per heavy atom. The highest BCUT2D eigenvalue weighted by atomic mass is 35.5. The monoisotopic (exact) mass is 260 g/mol. The molecule has 0 saturated carbocycles. The maximum Gasteiger partial charge on any atom is 0.251 e. The molecule has 2 rings (SSSR count). The third-order valence-electron chi connectivity index (χ3n) is 2.47. The third-order valence-corrected chi connectivity index (χ3v) is 2.71. The van der Waals surface area contributed by atoms with Crippen LogP contribution < -0.4 is 5.32 Å². The van der Waals surface area contributed by atoms with Gasteiger partial charge in [-0.3, -0.25) is 9.78 Å². The van der Waals surface area contributed by atoms with E-state index in [0.29, 0.717) is 17.1 Å². The van der Waals surface area contributed by atoms with Gasteiger partial charge in [-0.1, -0.05) is 23.7 Å². The van der Waals surface area contributed by atoms with Gasteiger partial charge in [-0.25, -0.2) is 0 Å². The van der Waals surface area contributed by atoms with Crippen LogP contribution in [0.15, 0.2) is 42.7 Å². The van der Waals surface area contributed by atoms with Crippen LogP contribution in [-0.2, 0) is 6.54 Å². The average molecular weight is 261 g/mol. The molecule has 1 aromatic carbocycles. The number of nitrogens with zero attached hydrogens (tertiary/aromatic N) is 1. The fourth-order valence-corrected chi connectivity index (χ4v) is 1.82. The second kappa shape index (κ2) is 5.65. The van der Waals surface area contributed by atoms with Crippen LogP contribution in [0.5, 0.6) is 0 Å². The average Bonchev–Trinajstić information content (AvgIpc) is 2.36. The lowest BCUT2D eigenvalue weighted by molar-refractivity contribution is 0.0951. The van der Waals surface area contributed by atoms with E-state index in [-0.39, 0.29) is 5.91 Å². The maximum atomic E-state index is 11.9. The molecule has 0 bridgehead atoms. The van der Waals surface area contributed by atoms with Gasteiger partial charge in [0.05, 0.1) is 0 Å². The zero-order valence-electron chi connectivity index (χ0n) is 9.98. The normalized spacial score (nSPS) is 10.1. The van der Waals surface area contributed by atoms with E-state index >= 15 is 0 Å². The second-order valence-electron chi connectivity index (χ2n) is 4.06. The molecule has 1 N–H and O–H groups in total. The molecule has 1 heterocycles. The molecule has 0 aliphatic heterocycles. The first-order valence-corrected chi connectivity index (χ1v) is 5.97. The van der Waals surface area contributed by atoms with Crippen molar-refractivity contribution in [2.24, 2.45) is 0 Å². The summed E-state index contributed by atoms with van der Waals surface area (Å²) >= 11 is 5.84. The predicted octanol–water partition coefficient (Wildman–Crippen LogP) is 2.97. The molecule has 3 nitrogen and oxygen atoms in total. The minimum Gasteiger partial charge on any atom is -0.348 e. The topological polar surface area (TPSA) is 42.0 Å². The van der Waals surface area contributed by atoms with Crippen molar-refractivity contribution in [2.75, 3.05) is 0 Å². The van der Waals surface area contributed by atoms with Crippen LogP contribution in [0.3, 0.4) is 0 Å². The first-order chi connectivity index (χ1) is 8.65. The number of aromatic nitrogens is 1. The molecule has 0 unspecified atom stereocenters. The molecular formula is C14H13ClN2O. The first kappa shape index (κ1) is 12.6. The number of pyridine rings is 1. The molecule has 0 atom stereocenters. The van der Waals surface area contributed by atoms with Crippen molar-refractivity contribution in [2.45, 2.75) is 13.5 Å². The summed E-state index contributed by atoms with van der Waals surface area (Å²) in [6, 6.07) is 8.86. The molecule has 2 aromatic rings. The van der Waals surface area contributed by atoms with Crippen LogP contribution in [0, 0.1) is 6.92 Å². The van der Waals surface area contributed by atoms with Gasteiger partial charge < -0.3 is 5.32 Å². The van der Waals surface area contributed by atoms with Gasteiger partial charge in [0.2, 0.25) is 0 Å². The lowest BCUT2D eigenvalue weighted by Crippen LogP contribution is -2.22. The van der Waals surface area contributed by atoms with Crippen molar-refractivity contribution in [1.82, 2.24) is 10.3 Å². The highest BCUT2D eigenvalue weighted by Gasteiger charge is 2.05. The number of hydrogen-bond donors (Lipinski definition) is 1. The van der Waals surface area contributed by atoms with Crippen molar-refractivity contribution in [1.29, 1.82) is 0 Å². The Bertz CT molecular complexity index is 569. The van der Waals surface area contributed by atoms with Crippen molar-refractivity contribution < 1.29 is 4.79 Å². The smallest absolute Gasteiger partial charge is 0.251 e. The van der Waals surface area contributed by atoms with E-state index in [1.165, 1.54) is 0 Å². The summed E-state index contributed by atoms with van der Waals surface area (Å²) in [4.78, 5) is 15.9. The van der Waals surface area contributed by atoms with E-state index in [1.807, 2.05) is 13.0 Å². The van der Waals surface area contributed by atoms with E-state index in [0.717, 1.165) is 11.1 Å². The summed E-state index contributed by atoms with van der Waals surface area (Å²) in [7, 11) is 0. The molecule has 0 fully saturated rings. The summed E-state index contributed by atoms with van der Waals surface area (Å²) in [6.45, 7) is 2.43. The van der Waals surface area contributed by atoms with Gasteiger partial charge >= 0.3 is 0 Å². The summed E-state index contributed by atoms with van der Waals surface area (Å²) in [5.74, 6) is -0.140. The highest BCUT2D eigenvalue weighted by Crippen LogP contribution is 2.10. The minimum atomic E-state index is -0.140. The summed E-state index contributed by atoms with van der Waals surface area (Å²) in [5, 5.41) is 3.39. The van der Waals surface area contributed by atoms with Crippen molar-refractivity contribution in [3.05, 3.63) is 64.4 Å². The van der Waals surface area contributed by atoms with Gasteiger partial charge in [-0.15, -0.1) is 0 Å². The molecule has 1 aromatic heterocycles. The Kier molecular flexibility index (Phi) is 3.95. The minimum absolute atomic E-state index is 0.140. The van der Waals surface area contributed by atoms with Gasteiger partial charge in [-0.2, -0.15) is 0 Å². The van der Waals surface area contributed by atoms with Gasteiger partial charge in [0.15, 0.2) is 0 Å². The van der Waals surface area contributed by atoms with Crippen LogP contribution in [0.25, 0.3) is 0 Å². The van der Waals surface area contributed by atoms with E-state index in [4.69, 9.17) is 11.6 Å². The molecule has 0 radical (unpaired) electrons. The number of hydrogen-bond acceptors (Lipinski definition) is 2. The Balaban J connectivity index is 2.00. The van der Waals surface area contributed by atoms with Gasteiger partial charge in [0.25, 0.3) is 5.91 Å². The Labute approximate surface area is 111 Å². The highest BCUT2D eigenvalue weighted by molar-refractivity contribution is 6.30. The Hall–Kier alpha value is -1.87. The van der Waals surface area contributed by atoms with Gasteiger partial charge in [-0.05, 0) is 36.2 Å². The third kappa shape index (κ3) is 3.31. The quantitative estimate of drug-likeness (QED) is 0.922. The Morgan fingerprint density at radius 3 is 2.89 bits per heavy atom. The fourth-order valence-electron chi connectivity index (χ4n) is 1.63. The number of carbonyl (C=O) groups excluding carboxylic acids is 1. The first-order valence-electron chi connectivity index (χ1n) is 5.59. The molecule has 0 saturated heterocycles. The van der Waals surface area contributed by atoms with Crippen LogP contribution in [-0.4, -0.2) is 10.9 Å². The van der Waals surface area contributed by atoms with E-state index in [9.17, 15) is 4.79 Å². The van der Waals surface area contributed by atoms with Crippen molar-refractivity contribution >= 4 is 17.5 Å². The predicted molar refractivity (Wildman–Crippen MR) is 71.6 cm³/mol. The molecule has 0 aliphatic rings. The number of rotatable bonds is 3. The van der Waals surface area contributed by atoms with E-state index in [2.05, 4.69) is 10.3 Å². The number of benzene rings is 1. The van der Waals surface area contributed by atoms with E-state index < -0.39 is 0 Å². The molecule has 0 aliphatic carbocycles. The van der Waals surface area contributed by atoms with Crippen molar-refractivity contribution in [3.8, 4) is 0 Å². The number of aryl methyl sites for hydroxylation is 1. The zero-order chi connectivity index (χ0) is 13.0. The standard InChI is InChI=1S/C14H13ClN2O/c1-10-5-11(8-16-7-10)9-17-14(18)12-3-2-4-13(15)6-12/h2-8H,9H2,1H3,(H,17,18). The van der Waals surface area contributed by atoms with Gasteiger partial charge in [0, 0.05) is 29.5 Å². The SMILES string of the molecule is Cc1cncc(CNC(=O)c2cccc(Cl)c2)c1. The van der Waals surface area contributed by atoms with Crippen LogP contribution in [0.2, 0.25) is 5.02 Å². The van der Waals surface area contributed by atoms with Crippen molar-refractivity contribution in [3.63, 3.8) is 0 Å². The number of nitrogens with one attached hydrogen (secondary N) is 1. The molecule has 1 amide bonds. The number of amides is 1. The summed E-state index contributed by atoms with van der Waals surface area (Å²) in [5.41, 5.74) is 2.61. The maximum absolute atomic E-state index is 11.9. The number of halogens is 1. The Morgan fingerprint density at radius 2 is 2.17 bits per heavy atom. The zero-order valence-corrected chi connectivity index (χ0v) is 10.7. The lowest BCUT2D eigenvalue weighted by Gasteiger charge is -2.06.